The summed E-state index contributed by atoms with van der Waals surface area (Å²) < 4.78 is 12.6. The summed E-state index contributed by atoms with van der Waals surface area (Å²) in [6.07, 6.45) is 8.61. The summed E-state index contributed by atoms with van der Waals surface area (Å²) >= 11 is 0. The minimum absolute atomic E-state index is 0.0718. The number of aromatic nitrogens is 3. The second-order valence-corrected chi connectivity index (χ2v) is 7.95. The highest BCUT2D eigenvalue weighted by Crippen LogP contribution is 2.30. The van der Waals surface area contributed by atoms with Gasteiger partial charge in [0.2, 0.25) is 0 Å². The van der Waals surface area contributed by atoms with Crippen LogP contribution in [0.25, 0.3) is 11.3 Å². The first-order valence-corrected chi connectivity index (χ1v) is 10.7. The van der Waals surface area contributed by atoms with Crippen molar-refractivity contribution in [2.75, 3.05) is 34.4 Å². The van der Waals surface area contributed by atoms with E-state index in [0.717, 1.165) is 60.8 Å². The molecular formula is C24H29N5O3. The van der Waals surface area contributed by atoms with Gasteiger partial charge in [-0.15, -0.1) is 0 Å². The summed E-state index contributed by atoms with van der Waals surface area (Å²) in [6, 6.07) is 9.75. The molecule has 168 valence electrons. The summed E-state index contributed by atoms with van der Waals surface area (Å²) in [6.45, 7) is 2.55. The predicted octanol–water partition coefficient (Wildman–Crippen LogP) is 3.53. The van der Waals surface area contributed by atoms with Gasteiger partial charge in [-0.25, -0.2) is 9.78 Å². The van der Waals surface area contributed by atoms with Crippen molar-refractivity contribution >= 4 is 6.03 Å². The van der Waals surface area contributed by atoms with Crippen molar-refractivity contribution in [3.8, 4) is 22.8 Å². The zero-order chi connectivity index (χ0) is 22.5. The van der Waals surface area contributed by atoms with Gasteiger partial charge in [0.05, 0.1) is 25.5 Å². The molecule has 8 heteroatoms. The number of methoxy groups -OCH3 is 2. The van der Waals surface area contributed by atoms with Crippen LogP contribution in [0.4, 0.5) is 4.79 Å². The van der Waals surface area contributed by atoms with Gasteiger partial charge in [-0.1, -0.05) is 6.07 Å². The van der Waals surface area contributed by atoms with Gasteiger partial charge in [0.25, 0.3) is 0 Å². The van der Waals surface area contributed by atoms with E-state index >= 15 is 0 Å². The highest BCUT2D eigenvalue weighted by molar-refractivity contribution is 5.78. The zero-order valence-electron chi connectivity index (χ0n) is 18.8. The Labute approximate surface area is 188 Å². The molecule has 3 aromatic rings. The molecule has 4 rings (SSSR count). The van der Waals surface area contributed by atoms with Gasteiger partial charge in [0.1, 0.15) is 17.8 Å². The highest BCUT2D eigenvalue weighted by atomic mass is 16.5. The van der Waals surface area contributed by atoms with Crippen molar-refractivity contribution < 1.29 is 14.3 Å². The first kappa shape index (κ1) is 21.8. The van der Waals surface area contributed by atoms with Crippen LogP contribution in [-0.2, 0) is 6.54 Å². The van der Waals surface area contributed by atoms with Gasteiger partial charge in [-0.05, 0) is 37.1 Å². The number of amides is 1. The van der Waals surface area contributed by atoms with E-state index in [2.05, 4.69) is 14.9 Å². The van der Waals surface area contributed by atoms with Gasteiger partial charge in [-0.3, -0.25) is 14.5 Å². The lowest BCUT2D eigenvalue weighted by molar-refractivity contribution is 0.130. The van der Waals surface area contributed by atoms with Crippen LogP contribution in [0.1, 0.15) is 18.4 Å². The Morgan fingerprint density at radius 2 is 1.84 bits per heavy atom. The maximum Gasteiger partial charge on any atom is 0.329 e. The predicted molar refractivity (Wildman–Crippen MR) is 122 cm³/mol. The van der Waals surface area contributed by atoms with Crippen molar-refractivity contribution in [3.05, 3.63) is 60.8 Å². The van der Waals surface area contributed by atoms with Crippen LogP contribution in [0.2, 0.25) is 0 Å². The molecule has 3 heterocycles. The number of pyridine rings is 1. The second-order valence-electron chi connectivity index (χ2n) is 7.95. The Balaban J connectivity index is 1.36. The molecule has 2 aromatic heterocycles. The number of carbonyl (C=O) groups is 1. The molecule has 0 radical (unpaired) electrons. The number of piperidine rings is 1. The third-order valence-corrected chi connectivity index (χ3v) is 6.08. The molecule has 1 amide bonds. The average molecular weight is 436 g/mol. The topological polar surface area (TPSA) is 72.7 Å². The number of carbonyl (C=O) groups excluding carboxylic acids is 1. The van der Waals surface area contributed by atoms with Gasteiger partial charge >= 0.3 is 6.03 Å². The second kappa shape index (κ2) is 9.82. The van der Waals surface area contributed by atoms with E-state index in [0.29, 0.717) is 0 Å². The fourth-order valence-electron chi connectivity index (χ4n) is 4.20. The van der Waals surface area contributed by atoms with E-state index in [1.807, 2.05) is 42.3 Å². The molecule has 32 heavy (non-hydrogen) atoms. The Morgan fingerprint density at radius 3 is 2.47 bits per heavy atom. The standard InChI is InChI=1S/C24H29N5O3/c1-27(24(30)29-16-21(26-17-29)18-6-5-11-25-14-18)19-9-12-28(13-10-19)15-20-22(31-2)7-4-8-23(20)32-3/h4-8,11,14,16-17,19H,9-10,12-13,15H2,1-3H3. The van der Waals surface area contributed by atoms with Crippen LogP contribution >= 0.6 is 0 Å². The van der Waals surface area contributed by atoms with E-state index in [1.165, 1.54) is 0 Å². The Morgan fingerprint density at radius 1 is 1.12 bits per heavy atom. The molecule has 0 aliphatic carbocycles. The van der Waals surface area contributed by atoms with Crippen molar-refractivity contribution in [2.45, 2.75) is 25.4 Å². The maximum atomic E-state index is 13.0. The first-order chi connectivity index (χ1) is 15.6. The smallest absolute Gasteiger partial charge is 0.329 e. The number of hydrogen-bond donors (Lipinski definition) is 0. The largest absolute Gasteiger partial charge is 0.496 e. The van der Waals surface area contributed by atoms with Crippen molar-refractivity contribution in [3.63, 3.8) is 0 Å². The molecule has 1 fully saturated rings. The molecule has 0 unspecified atom stereocenters. The lowest BCUT2D eigenvalue weighted by Gasteiger charge is -2.36. The van der Waals surface area contributed by atoms with E-state index in [1.54, 1.807) is 43.7 Å². The highest BCUT2D eigenvalue weighted by Gasteiger charge is 2.27. The fourth-order valence-corrected chi connectivity index (χ4v) is 4.20. The molecule has 1 aliphatic heterocycles. The van der Waals surface area contributed by atoms with Crippen LogP contribution in [0.5, 0.6) is 11.5 Å². The van der Waals surface area contributed by atoms with E-state index in [4.69, 9.17) is 9.47 Å². The van der Waals surface area contributed by atoms with Crippen LogP contribution in [-0.4, -0.2) is 70.8 Å². The summed E-state index contributed by atoms with van der Waals surface area (Å²) in [5.41, 5.74) is 2.68. The fraction of sp³-hybridized carbons (Fsp3) is 0.375. The molecule has 0 atom stereocenters. The normalized spacial score (nSPS) is 14.8. The molecule has 1 saturated heterocycles. The number of imidazole rings is 1. The SMILES string of the molecule is COc1cccc(OC)c1CN1CCC(N(C)C(=O)n2cnc(-c3cccnc3)c2)CC1. The summed E-state index contributed by atoms with van der Waals surface area (Å²) in [7, 11) is 5.23. The number of benzene rings is 1. The lowest BCUT2D eigenvalue weighted by Crippen LogP contribution is -2.46. The number of likely N-dealkylation sites (tertiary alicyclic amines) is 1. The Bertz CT molecular complexity index is 1020. The Kier molecular flexibility index (Phi) is 6.70. The molecule has 8 nitrogen and oxygen atoms in total. The van der Waals surface area contributed by atoms with E-state index < -0.39 is 0 Å². The third kappa shape index (κ3) is 4.60. The van der Waals surface area contributed by atoms with Crippen molar-refractivity contribution in [1.29, 1.82) is 0 Å². The molecule has 1 aliphatic rings. The molecule has 0 N–H and O–H groups in total. The number of hydrogen-bond acceptors (Lipinski definition) is 6. The van der Waals surface area contributed by atoms with Crippen LogP contribution in [0.15, 0.2) is 55.2 Å². The van der Waals surface area contributed by atoms with Crippen molar-refractivity contribution in [1.82, 2.24) is 24.3 Å². The summed E-state index contributed by atoms with van der Waals surface area (Å²) in [5, 5.41) is 0. The number of rotatable bonds is 6. The lowest BCUT2D eigenvalue weighted by atomic mass is 10.0. The Hall–Kier alpha value is -3.39. The molecular weight excluding hydrogens is 406 g/mol. The van der Waals surface area contributed by atoms with Gasteiger partial charge in [0, 0.05) is 56.9 Å². The molecule has 0 saturated carbocycles. The zero-order valence-corrected chi connectivity index (χ0v) is 18.8. The monoisotopic (exact) mass is 435 g/mol. The summed E-state index contributed by atoms with van der Waals surface area (Å²) in [4.78, 5) is 25.7. The van der Waals surface area contributed by atoms with E-state index in [-0.39, 0.29) is 12.1 Å². The maximum absolute atomic E-state index is 13.0. The van der Waals surface area contributed by atoms with Gasteiger partial charge in [-0.2, -0.15) is 0 Å². The van der Waals surface area contributed by atoms with Crippen molar-refractivity contribution in [2.24, 2.45) is 0 Å². The molecule has 0 bridgehead atoms. The first-order valence-electron chi connectivity index (χ1n) is 10.7. The van der Waals surface area contributed by atoms with E-state index in [9.17, 15) is 4.79 Å². The quantitative estimate of drug-likeness (QED) is 0.590. The number of nitrogens with zero attached hydrogens (tertiary/aromatic N) is 5. The molecule has 0 spiro atoms. The number of ether oxygens (including phenoxy) is 2. The third-order valence-electron chi connectivity index (χ3n) is 6.08. The van der Waals surface area contributed by atoms with Crippen LogP contribution in [0.3, 0.4) is 0 Å². The average Bonchev–Trinajstić information content (AvgIpc) is 3.34. The molecule has 1 aromatic carbocycles. The van der Waals surface area contributed by atoms with Crippen LogP contribution < -0.4 is 9.47 Å². The summed E-state index contributed by atoms with van der Waals surface area (Å²) in [5.74, 6) is 1.67. The van der Waals surface area contributed by atoms with Gasteiger partial charge in [0.15, 0.2) is 0 Å². The van der Waals surface area contributed by atoms with Gasteiger partial charge < -0.3 is 14.4 Å². The minimum Gasteiger partial charge on any atom is -0.496 e. The van der Waals surface area contributed by atoms with Crippen LogP contribution in [0, 0.1) is 0 Å². The minimum atomic E-state index is -0.0718.